The second-order valence-electron chi connectivity index (χ2n) is 6.21. The van der Waals surface area contributed by atoms with Crippen LogP contribution in [0.1, 0.15) is 39.8 Å². The molecule has 23 heavy (non-hydrogen) atoms. The van der Waals surface area contributed by atoms with E-state index in [0.717, 1.165) is 30.7 Å². The van der Waals surface area contributed by atoms with E-state index in [1.54, 1.807) is 6.33 Å². The molecule has 0 radical (unpaired) electrons. The van der Waals surface area contributed by atoms with Gasteiger partial charge in [0.05, 0.1) is 13.2 Å². The van der Waals surface area contributed by atoms with Gasteiger partial charge < -0.3 is 14.2 Å². The van der Waals surface area contributed by atoms with E-state index >= 15 is 0 Å². The number of nitrogens with zero attached hydrogens (tertiary/aromatic N) is 4. The van der Waals surface area contributed by atoms with Gasteiger partial charge in [0.15, 0.2) is 5.82 Å². The van der Waals surface area contributed by atoms with E-state index in [4.69, 9.17) is 4.74 Å². The van der Waals surface area contributed by atoms with E-state index in [0.29, 0.717) is 19.7 Å². The second-order valence-corrected chi connectivity index (χ2v) is 6.21. The fourth-order valence-electron chi connectivity index (χ4n) is 3.56. The van der Waals surface area contributed by atoms with Crippen LogP contribution in [-0.4, -0.2) is 45.3 Å². The highest BCUT2D eigenvalue weighted by molar-refractivity contribution is 5.96. The van der Waals surface area contributed by atoms with Gasteiger partial charge in [0, 0.05) is 19.2 Å². The first-order valence-electron chi connectivity index (χ1n) is 8.09. The summed E-state index contributed by atoms with van der Waals surface area (Å²) in [5.74, 6) is 0.875. The Balaban J connectivity index is 1.57. The number of benzene rings is 1. The zero-order valence-electron chi connectivity index (χ0n) is 13.2. The Bertz CT molecular complexity index is 740. The minimum Gasteiger partial charge on any atom is -0.366 e. The van der Waals surface area contributed by atoms with Crippen molar-refractivity contribution < 1.29 is 9.53 Å². The molecule has 0 saturated carbocycles. The number of ether oxygens (including phenoxy) is 1. The van der Waals surface area contributed by atoms with Gasteiger partial charge in [0.25, 0.3) is 5.91 Å². The van der Waals surface area contributed by atoms with Crippen molar-refractivity contribution in [3.05, 3.63) is 47.0 Å². The number of amides is 1. The van der Waals surface area contributed by atoms with Crippen molar-refractivity contribution in [3.8, 4) is 0 Å². The van der Waals surface area contributed by atoms with Crippen LogP contribution in [0.5, 0.6) is 0 Å². The van der Waals surface area contributed by atoms with Crippen molar-refractivity contribution in [2.45, 2.75) is 25.4 Å². The fourth-order valence-corrected chi connectivity index (χ4v) is 3.56. The lowest BCUT2D eigenvalue weighted by Gasteiger charge is -2.32. The Morgan fingerprint density at radius 2 is 2.26 bits per heavy atom. The predicted octanol–water partition coefficient (Wildman–Crippen LogP) is 1.52. The minimum atomic E-state index is -0.211. The monoisotopic (exact) mass is 312 g/mol. The average molecular weight is 312 g/mol. The number of morpholine rings is 1. The predicted molar refractivity (Wildman–Crippen MR) is 84.1 cm³/mol. The number of hydrogen-bond donors (Lipinski definition) is 0. The first-order chi connectivity index (χ1) is 11.2. The van der Waals surface area contributed by atoms with Crippen LogP contribution >= 0.6 is 0 Å². The smallest absolute Gasteiger partial charge is 0.254 e. The standard InChI is InChI=1S/C17H20N4O2/c1-20-11-18-19-16(20)15-10-21(8-9-23-15)17(22)14-7-3-5-12-4-2-6-13(12)14/h3,5,7,11,15H,2,4,6,8-10H2,1H3. The highest BCUT2D eigenvalue weighted by Gasteiger charge is 2.30. The van der Waals surface area contributed by atoms with Gasteiger partial charge in [-0.05, 0) is 36.5 Å². The van der Waals surface area contributed by atoms with E-state index in [2.05, 4.69) is 16.3 Å². The van der Waals surface area contributed by atoms with Crippen LogP contribution in [0.4, 0.5) is 0 Å². The summed E-state index contributed by atoms with van der Waals surface area (Å²) in [6.45, 7) is 1.67. The maximum Gasteiger partial charge on any atom is 0.254 e. The molecular formula is C17H20N4O2. The van der Waals surface area contributed by atoms with Crippen molar-refractivity contribution in [3.63, 3.8) is 0 Å². The number of rotatable bonds is 2. The molecule has 2 heterocycles. The van der Waals surface area contributed by atoms with E-state index in [-0.39, 0.29) is 12.0 Å². The molecule has 1 aromatic heterocycles. The topological polar surface area (TPSA) is 60.2 Å². The molecule has 1 aromatic carbocycles. The molecule has 0 N–H and O–H groups in total. The Morgan fingerprint density at radius 1 is 1.35 bits per heavy atom. The lowest BCUT2D eigenvalue weighted by molar-refractivity contribution is -0.0281. The number of hydrogen-bond acceptors (Lipinski definition) is 4. The quantitative estimate of drug-likeness (QED) is 0.843. The molecule has 0 spiro atoms. The van der Waals surface area contributed by atoms with Gasteiger partial charge in [-0.3, -0.25) is 4.79 Å². The van der Waals surface area contributed by atoms with Crippen LogP contribution in [0.25, 0.3) is 0 Å². The Kier molecular flexibility index (Phi) is 3.61. The second kappa shape index (κ2) is 5.77. The largest absolute Gasteiger partial charge is 0.366 e. The number of fused-ring (bicyclic) bond motifs is 1. The molecule has 1 fully saturated rings. The first-order valence-corrected chi connectivity index (χ1v) is 8.09. The first kappa shape index (κ1) is 14.4. The van der Waals surface area contributed by atoms with Crippen molar-refractivity contribution in [1.82, 2.24) is 19.7 Å². The highest BCUT2D eigenvalue weighted by Crippen LogP contribution is 2.28. The van der Waals surface area contributed by atoms with Crippen LogP contribution in [0.2, 0.25) is 0 Å². The Labute approximate surface area is 135 Å². The molecule has 1 saturated heterocycles. The molecule has 120 valence electrons. The summed E-state index contributed by atoms with van der Waals surface area (Å²) in [5, 5.41) is 8.02. The summed E-state index contributed by atoms with van der Waals surface area (Å²) in [4.78, 5) is 14.9. The SMILES string of the molecule is Cn1cnnc1C1CN(C(=O)c2cccc3c2CCC3)CCO1. The van der Waals surface area contributed by atoms with Crippen LogP contribution in [0, 0.1) is 0 Å². The van der Waals surface area contributed by atoms with Gasteiger partial charge in [-0.2, -0.15) is 0 Å². The van der Waals surface area contributed by atoms with Crippen molar-refractivity contribution in [1.29, 1.82) is 0 Å². The third-order valence-electron chi connectivity index (χ3n) is 4.76. The third kappa shape index (κ3) is 2.53. The molecule has 1 atom stereocenters. The van der Waals surface area contributed by atoms with E-state index in [9.17, 15) is 4.79 Å². The summed E-state index contributed by atoms with van der Waals surface area (Å²) in [5.41, 5.74) is 3.42. The van der Waals surface area contributed by atoms with Crippen molar-refractivity contribution in [2.75, 3.05) is 19.7 Å². The highest BCUT2D eigenvalue weighted by atomic mass is 16.5. The molecule has 1 amide bonds. The summed E-state index contributed by atoms with van der Waals surface area (Å²) in [6, 6.07) is 6.10. The van der Waals surface area contributed by atoms with E-state index < -0.39 is 0 Å². The molecule has 0 bridgehead atoms. The van der Waals surface area contributed by atoms with Crippen LogP contribution in [0.3, 0.4) is 0 Å². The van der Waals surface area contributed by atoms with Gasteiger partial charge in [-0.1, -0.05) is 12.1 Å². The number of carbonyl (C=O) groups excluding carboxylic acids is 1. The third-order valence-corrected chi connectivity index (χ3v) is 4.76. The molecule has 1 aliphatic heterocycles. The molecule has 6 nitrogen and oxygen atoms in total. The van der Waals surface area contributed by atoms with Crippen LogP contribution in [-0.2, 0) is 24.6 Å². The van der Waals surface area contributed by atoms with E-state index in [1.807, 2.05) is 28.6 Å². The average Bonchev–Trinajstić information content (AvgIpc) is 3.22. The van der Waals surface area contributed by atoms with Gasteiger partial charge in [-0.15, -0.1) is 10.2 Å². The summed E-state index contributed by atoms with van der Waals surface area (Å²) in [7, 11) is 1.89. The van der Waals surface area contributed by atoms with Gasteiger partial charge >= 0.3 is 0 Å². The van der Waals surface area contributed by atoms with Crippen molar-refractivity contribution >= 4 is 5.91 Å². The van der Waals surface area contributed by atoms with Gasteiger partial charge in [0.1, 0.15) is 12.4 Å². The lowest BCUT2D eigenvalue weighted by atomic mass is 10.0. The van der Waals surface area contributed by atoms with Crippen LogP contribution < -0.4 is 0 Å². The Hall–Kier alpha value is -2.21. The lowest BCUT2D eigenvalue weighted by Crippen LogP contribution is -2.43. The maximum absolute atomic E-state index is 13.0. The maximum atomic E-state index is 13.0. The Morgan fingerprint density at radius 3 is 3.09 bits per heavy atom. The van der Waals surface area contributed by atoms with E-state index in [1.165, 1.54) is 11.1 Å². The summed E-state index contributed by atoms with van der Waals surface area (Å²) < 4.78 is 7.64. The molecule has 1 aliphatic carbocycles. The number of carbonyl (C=O) groups is 1. The van der Waals surface area contributed by atoms with Crippen LogP contribution in [0.15, 0.2) is 24.5 Å². The molecule has 2 aromatic rings. The molecule has 6 heteroatoms. The molecule has 2 aliphatic rings. The fraction of sp³-hybridized carbons (Fsp3) is 0.471. The number of aromatic nitrogens is 3. The molecule has 4 rings (SSSR count). The zero-order chi connectivity index (χ0) is 15.8. The number of aryl methyl sites for hydroxylation is 2. The zero-order valence-corrected chi connectivity index (χ0v) is 13.2. The summed E-state index contributed by atoms with van der Waals surface area (Å²) >= 11 is 0. The van der Waals surface area contributed by atoms with Crippen molar-refractivity contribution in [2.24, 2.45) is 7.05 Å². The minimum absolute atomic E-state index is 0.110. The van der Waals surface area contributed by atoms with Gasteiger partial charge in [0.2, 0.25) is 0 Å². The molecule has 1 unspecified atom stereocenters. The van der Waals surface area contributed by atoms with Gasteiger partial charge in [-0.25, -0.2) is 0 Å². The summed E-state index contributed by atoms with van der Waals surface area (Å²) in [6.07, 6.45) is 4.68. The normalized spacial score (nSPS) is 20.6. The molecular weight excluding hydrogens is 292 g/mol.